The van der Waals surface area contributed by atoms with Gasteiger partial charge >= 0.3 is 0 Å². The average molecular weight is 546 g/mol. The number of nitrogens with one attached hydrogen (secondary N) is 2. The number of guanidine groups is 1. The molecule has 8 nitrogen and oxygen atoms in total. The van der Waals surface area contributed by atoms with Gasteiger partial charge in [-0.05, 0) is 39.5 Å². The minimum Gasteiger partial charge on any atom is -0.378 e. The van der Waals surface area contributed by atoms with Gasteiger partial charge in [0.15, 0.2) is 11.8 Å². The van der Waals surface area contributed by atoms with Gasteiger partial charge in [0.25, 0.3) is 0 Å². The monoisotopic (exact) mass is 546 g/mol. The summed E-state index contributed by atoms with van der Waals surface area (Å²) in [6.45, 7) is 7.06. The van der Waals surface area contributed by atoms with Crippen molar-refractivity contribution in [3.63, 3.8) is 0 Å². The van der Waals surface area contributed by atoms with Crippen molar-refractivity contribution in [3.05, 3.63) is 11.6 Å². The van der Waals surface area contributed by atoms with Crippen molar-refractivity contribution < 1.29 is 9.47 Å². The number of aliphatic imine (C=N–C) groups is 1. The second-order valence-electron chi connectivity index (χ2n) is 8.93. The van der Waals surface area contributed by atoms with Crippen LogP contribution in [0.25, 0.3) is 0 Å². The molecule has 1 aromatic rings. The fourth-order valence-corrected chi connectivity index (χ4v) is 5.58. The van der Waals surface area contributed by atoms with Crippen molar-refractivity contribution in [2.75, 3.05) is 20.3 Å². The lowest BCUT2D eigenvalue weighted by Gasteiger charge is -2.58. The van der Waals surface area contributed by atoms with Crippen LogP contribution in [0.5, 0.6) is 0 Å². The van der Waals surface area contributed by atoms with Crippen LogP contribution in [0.15, 0.2) is 4.99 Å². The molecule has 2 N–H and O–H groups in total. The Balaban J connectivity index is 0.00000272. The Hall–Kier alpha value is -0.940. The lowest BCUT2D eigenvalue weighted by molar-refractivity contribution is -0.145. The minimum absolute atomic E-state index is 0. The quantitative estimate of drug-likeness (QED) is 0.311. The van der Waals surface area contributed by atoms with Crippen LogP contribution in [-0.4, -0.2) is 59.2 Å². The van der Waals surface area contributed by atoms with Gasteiger partial charge in [0.05, 0.1) is 12.6 Å². The van der Waals surface area contributed by atoms with Gasteiger partial charge in [0.2, 0.25) is 0 Å². The number of nitrogens with zero attached hydrogens (tertiary/aromatic N) is 4. The van der Waals surface area contributed by atoms with Gasteiger partial charge in [-0.1, -0.05) is 19.3 Å². The van der Waals surface area contributed by atoms with Crippen LogP contribution in [0.1, 0.15) is 70.4 Å². The smallest absolute Gasteiger partial charge is 0.191 e. The number of ether oxygens (including phenoxy) is 2. The Labute approximate surface area is 203 Å². The molecule has 0 saturated heterocycles. The predicted molar refractivity (Wildman–Crippen MR) is 132 cm³/mol. The van der Waals surface area contributed by atoms with E-state index in [1.807, 2.05) is 4.68 Å². The van der Waals surface area contributed by atoms with Crippen molar-refractivity contribution in [1.82, 2.24) is 25.4 Å². The van der Waals surface area contributed by atoms with E-state index in [0.717, 1.165) is 56.6 Å². The molecule has 2 saturated carbocycles. The van der Waals surface area contributed by atoms with Crippen molar-refractivity contribution in [3.8, 4) is 0 Å². The first-order valence-corrected chi connectivity index (χ1v) is 11.8. The van der Waals surface area contributed by atoms with Gasteiger partial charge in [-0.25, -0.2) is 9.67 Å². The highest BCUT2D eigenvalue weighted by Gasteiger charge is 2.56. The molecular weight excluding hydrogens is 507 g/mol. The summed E-state index contributed by atoms with van der Waals surface area (Å²) in [6.07, 6.45) is 9.96. The fraction of sp³-hybridized carbons (Fsp3) is 0.864. The van der Waals surface area contributed by atoms with Crippen LogP contribution in [-0.2, 0) is 29.0 Å². The first-order chi connectivity index (χ1) is 14.7. The van der Waals surface area contributed by atoms with Crippen molar-refractivity contribution >= 4 is 29.9 Å². The van der Waals surface area contributed by atoms with E-state index in [2.05, 4.69) is 34.6 Å². The summed E-state index contributed by atoms with van der Waals surface area (Å²) in [5.41, 5.74) is 0.283. The molecule has 3 aliphatic rings. The number of methoxy groups -OCH3 is 1. The van der Waals surface area contributed by atoms with E-state index < -0.39 is 0 Å². The Kier molecular flexibility index (Phi) is 8.98. The largest absolute Gasteiger partial charge is 0.378 e. The van der Waals surface area contributed by atoms with E-state index in [9.17, 15) is 0 Å². The van der Waals surface area contributed by atoms with Gasteiger partial charge in [0, 0.05) is 44.2 Å². The van der Waals surface area contributed by atoms with Gasteiger partial charge in [0.1, 0.15) is 12.4 Å². The van der Waals surface area contributed by atoms with Crippen molar-refractivity contribution in [2.24, 2.45) is 10.4 Å². The second kappa shape index (κ2) is 11.3. The highest BCUT2D eigenvalue weighted by atomic mass is 127. The molecule has 3 atom stereocenters. The van der Waals surface area contributed by atoms with Gasteiger partial charge in [-0.15, -0.1) is 24.0 Å². The summed E-state index contributed by atoms with van der Waals surface area (Å²) in [5.74, 6) is 2.76. The lowest BCUT2D eigenvalue weighted by atomic mass is 9.55. The highest BCUT2D eigenvalue weighted by molar-refractivity contribution is 14.0. The molecule has 0 bridgehead atoms. The number of aryl methyl sites for hydroxylation is 1. The molecule has 0 aromatic carbocycles. The highest BCUT2D eigenvalue weighted by Crippen LogP contribution is 2.53. The summed E-state index contributed by atoms with van der Waals surface area (Å²) in [4.78, 5) is 9.35. The van der Waals surface area contributed by atoms with E-state index >= 15 is 0 Å². The maximum Gasteiger partial charge on any atom is 0.191 e. The molecule has 4 rings (SSSR count). The summed E-state index contributed by atoms with van der Waals surface area (Å²) >= 11 is 0. The molecule has 0 radical (unpaired) electrons. The Morgan fingerprint density at radius 3 is 2.74 bits per heavy atom. The number of rotatable bonds is 7. The molecule has 2 aliphatic carbocycles. The first kappa shape index (κ1) is 24.7. The molecule has 1 aromatic heterocycles. The number of fused-ring (bicyclic) bond motifs is 1. The number of halogens is 1. The SMILES string of the molecule is CCN=C(NC1CCc2nc(COC)nn2C1)NC1CC(OCC)C12CCCCC2.I. The molecular formula is C22H39IN6O2. The zero-order chi connectivity index (χ0) is 21.0. The standard InChI is InChI=1S/C22H38N6O2.HI/c1-4-23-21(24-16-9-10-20-26-19(15-29-3)27-28(20)14-16)25-17-13-18(30-5-2)22(17)11-7-6-8-12-22;/h16-18H,4-15H2,1-3H3,(H2,23,24,25);1H. The van der Waals surface area contributed by atoms with Gasteiger partial charge < -0.3 is 20.1 Å². The third kappa shape index (κ3) is 5.35. The molecule has 3 unspecified atom stereocenters. The summed E-state index contributed by atoms with van der Waals surface area (Å²) in [6, 6.07) is 0.753. The fourth-order valence-electron chi connectivity index (χ4n) is 5.58. The van der Waals surface area contributed by atoms with Crippen LogP contribution < -0.4 is 10.6 Å². The molecule has 9 heteroatoms. The topological polar surface area (TPSA) is 85.6 Å². The van der Waals surface area contributed by atoms with Crippen LogP contribution in [0.4, 0.5) is 0 Å². The van der Waals surface area contributed by atoms with Crippen molar-refractivity contribution in [2.45, 2.75) is 96.6 Å². The predicted octanol–water partition coefficient (Wildman–Crippen LogP) is 3.04. The molecule has 1 spiro atoms. The summed E-state index contributed by atoms with van der Waals surface area (Å²) in [5, 5.41) is 12.1. The maximum absolute atomic E-state index is 6.13. The van der Waals surface area contributed by atoms with Gasteiger partial charge in [-0.2, -0.15) is 5.10 Å². The van der Waals surface area contributed by atoms with Gasteiger partial charge in [-0.3, -0.25) is 4.99 Å². The normalized spacial score (nSPS) is 27.2. The number of aromatic nitrogens is 3. The average Bonchev–Trinajstić information content (AvgIpc) is 3.15. The minimum atomic E-state index is 0. The molecule has 176 valence electrons. The first-order valence-electron chi connectivity index (χ1n) is 11.8. The van der Waals surface area contributed by atoms with Crippen LogP contribution in [0.3, 0.4) is 0 Å². The lowest BCUT2D eigenvalue weighted by Crippen LogP contribution is -2.67. The third-order valence-corrected chi connectivity index (χ3v) is 7.08. The zero-order valence-corrected chi connectivity index (χ0v) is 21.6. The second-order valence-corrected chi connectivity index (χ2v) is 8.93. The van der Waals surface area contributed by atoms with Crippen LogP contribution in [0.2, 0.25) is 0 Å². The Morgan fingerprint density at radius 1 is 1.23 bits per heavy atom. The Bertz CT molecular complexity index is 734. The molecule has 31 heavy (non-hydrogen) atoms. The summed E-state index contributed by atoms with van der Waals surface area (Å²) in [7, 11) is 1.68. The molecule has 2 fully saturated rings. The van der Waals surface area contributed by atoms with E-state index in [4.69, 9.17) is 14.5 Å². The van der Waals surface area contributed by atoms with E-state index in [0.29, 0.717) is 24.8 Å². The third-order valence-electron chi connectivity index (χ3n) is 7.08. The number of hydrogen-bond donors (Lipinski definition) is 2. The summed E-state index contributed by atoms with van der Waals surface area (Å²) < 4.78 is 13.3. The van der Waals surface area contributed by atoms with E-state index in [-0.39, 0.29) is 29.4 Å². The maximum atomic E-state index is 6.13. The zero-order valence-electron chi connectivity index (χ0n) is 19.2. The van der Waals surface area contributed by atoms with Crippen LogP contribution >= 0.6 is 24.0 Å². The molecule has 1 aliphatic heterocycles. The van der Waals surface area contributed by atoms with E-state index in [1.165, 1.54) is 32.1 Å². The van der Waals surface area contributed by atoms with E-state index in [1.54, 1.807) is 7.11 Å². The number of hydrogen-bond acceptors (Lipinski definition) is 5. The molecule has 2 heterocycles. The molecule has 0 amide bonds. The van der Waals surface area contributed by atoms with Crippen molar-refractivity contribution in [1.29, 1.82) is 0 Å². The van der Waals surface area contributed by atoms with Crippen LogP contribution in [0, 0.1) is 5.41 Å². The Morgan fingerprint density at radius 2 is 2.03 bits per heavy atom.